The molecule has 1 aliphatic heterocycles. The largest absolute Gasteiger partial charge is 0.478 e. The SMILES string of the molecule is CC(Sc1cccc(C(=O)O)c1)C(=O)N1CCOCC1. The predicted octanol–water partition coefficient (Wildman–Crippen LogP) is 1.72. The van der Waals surface area contributed by atoms with Gasteiger partial charge in [-0.15, -0.1) is 11.8 Å². The number of aromatic carboxylic acids is 1. The molecule has 0 radical (unpaired) electrons. The average molecular weight is 295 g/mol. The van der Waals surface area contributed by atoms with Gasteiger partial charge in [-0.2, -0.15) is 0 Å². The minimum Gasteiger partial charge on any atom is -0.478 e. The van der Waals surface area contributed by atoms with Crippen molar-refractivity contribution in [1.29, 1.82) is 0 Å². The van der Waals surface area contributed by atoms with E-state index >= 15 is 0 Å². The van der Waals surface area contributed by atoms with Crippen molar-refractivity contribution in [2.75, 3.05) is 26.3 Å². The summed E-state index contributed by atoms with van der Waals surface area (Å²) in [5, 5.41) is 8.72. The molecule has 1 aromatic carbocycles. The van der Waals surface area contributed by atoms with E-state index in [1.54, 1.807) is 23.1 Å². The summed E-state index contributed by atoms with van der Waals surface area (Å²) in [4.78, 5) is 25.8. The van der Waals surface area contributed by atoms with Crippen molar-refractivity contribution in [2.24, 2.45) is 0 Å². The Hall–Kier alpha value is -1.53. The maximum Gasteiger partial charge on any atom is 0.335 e. The second-order valence-electron chi connectivity index (χ2n) is 4.53. The van der Waals surface area contributed by atoms with Crippen molar-refractivity contribution < 1.29 is 19.4 Å². The Morgan fingerprint density at radius 2 is 2.05 bits per heavy atom. The van der Waals surface area contributed by atoms with Crippen molar-refractivity contribution in [3.8, 4) is 0 Å². The van der Waals surface area contributed by atoms with Gasteiger partial charge in [-0.1, -0.05) is 6.07 Å². The highest BCUT2D eigenvalue weighted by Gasteiger charge is 2.23. The van der Waals surface area contributed by atoms with Crippen LogP contribution in [0.2, 0.25) is 0 Å². The summed E-state index contributed by atoms with van der Waals surface area (Å²) in [5.74, 6) is -0.890. The van der Waals surface area contributed by atoms with Crippen LogP contribution in [0.1, 0.15) is 17.3 Å². The number of carbonyl (C=O) groups excluding carboxylic acids is 1. The first-order valence-electron chi connectivity index (χ1n) is 6.44. The number of benzene rings is 1. The summed E-state index contributed by atoms with van der Waals surface area (Å²) in [6.45, 7) is 4.25. The average Bonchev–Trinajstić information content (AvgIpc) is 2.47. The number of ether oxygens (including phenoxy) is 1. The Kier molecular flexibility index (Phi) is 5.03. The molecule has 0 spiro atoms. The third kappa shape index (κ3) is 3.74. The van der Waals surface area contributed by atoms with Gasteiger partial charge in [0, 0.05) is 18.0 Å². The molecule has 1 amide bonds. The van der Waals surface area contributed by atoms with E-state index in [1.807, 2.05) is 13.0 Å². The van der Waals surface area contributed by atoms with Crippen molar-refractivity contribution in [3.05, 3.63) is 29.8 Å². The molecule has 1 fully saturated rings. The minimum absolute atomic E-state index is 0.0685. The first-order chi connectivity index (χ1) is 9.58. The number of rotatable bonds is 4. The summed E-state index contributed by atoms with van der Waals surface area (Å²) in [6.07, 6.45) is 0. The van der Waals surface area contributed by atoms with Crippen LogP contribution in [-0.4, -0.2) is 53.4 Å². The lowest BCUT2D eigenvalue weighted by Gasteiger charge is -2.29. The van der Waals surface area contributed by atoms with Crippen LogP contribution in [0.5, 0.6) is 0 Å². The molecule has 1 heterocycles. The van der Waals surface area contributed by atoms with Gasteiger partial charge in [-0.05, 0) is 25.1 Å². The maximum absolute atomic E-state index is 12.3. The van der Waals surface area contributed by atoms with Gasteiger partial charge in [0.2, 0.25) is 5.91 Å². The van der Waals surface area contributed by atoms with Gasteiger partial charge in [0.05, 0.1) is 24.0 Å². The molecule has 6 heteroatoms. The zero-order valence-electron chi connectivity index (χ0n) is 11.2. The third-order valence-corrected chi connectivity index (χ3v) is 4.15. The highest BCUT2D eigenvalue weighted by atomic mass is 32.2. The highest BCUT2D eigenvalue weighted by molar-refractivity contribution is 8.00. The third-order valence-electron chi connectivity index (χ3n) is 3.06. The fraction of sp³-hybridized carbons (Fsp3) is 0.429. The quantitative estimate of drug-likeness (QED) is 0.857. The number of hydrogen-bond acceptors (Lipinski definition) is 4. The Morgan fingerprint density at radius 3 is 2.70 bits per heavy atom. The monoisotopic (exact) mass is 295 g/mol. The first-order valence-corrected chi connectivity index (χ1v) is 7.32. The summed E-state index contributed by atoms with van der Waals surface area (Å²) < 4.78 is 5.22. The van der Waals surface area contributed by atoms with Gasteiger partial charge in [0.25, 0.3) is 0 Å². The lowest BCUT2D eigenvalue weighted by atomic mass is 10.2. The van der Waals surface area contributed by atoms with Gasteiger partial charge in [-0.25, -0.2) is 4.79 Å². The number of hydrogen-bond donors (Lipinski definition) is 1. The van der Waals surface area contributed by atoms with Crippen LogP contribution in [0.25, 0.3) is 0 Å². The van der Waals surface area contributed by atoms with Crippen LogP contribution < -0.4 is 0 Å². The number of thioether (sulfide) groups is 1. The van der Waals surface area contributed by atoms with E-state index in [0.717, 1.165) is 4.90 Å². The van der Waals surface area contributed by atoms with Gasteiger partial charge in [0.15, 0.2) is 0 Å². The van der Waals surface area contributed by atoms with Crippen LogP contribution in [0.4, 0.5) is 0 Å². The second-order valence-corrected chi connectivity index (χ2v) is 5.94. The second kappa shape index (κ2) is 6.76. The van der Waals surface area contributed by atoms with E-state index in [4.69, 9.17) is 9.84 Å². The standard InChI is InChI=1S/C14H17NO4S/c1-10(13(16)15-5-7-19-8-6-15)20-12-4-2-3-11(9-12)14(17)18/h2-4,9-10H,5-8H2,1H3,(H,17,18). The number of morpholine rings is 1. The van der Waals surface area contributed by atoms with Crippen molar-refractivity contribution >= 4 is 23.6 Å². The van der Waals surface area contributed by atoms with Crippen molar-refractivity contribution in [3.63, 3.8) is 0 Å². The fourth-order valence-corrected chi connectivity index (χ4v) is 3.01. The molecule has 2 rings (SSSR count). The summed E-state index contributed by atoms with van der Waals surface area (Å²) in [6, 6.07) is 6.65. The molecule has 1 unspecified atom stereocenters. The molecule has 5 nitrogen and oxygen atoms in total. The topological polar surface area (TPSA) is 66.8 Å². The van der Waals surface area contributed by atoms with Crippen LogP contribution in [0, 0.1) is 0 Å². The van der Waals surface area contributed by atoms with Gasteiger partial charge in [-0.3, -0.25) is 4.79 Å². The van der Waals surface area contributed by atoms with Crippen molar-refractivity contribution in [1.82, 2.24) is 4.90 Å². The van der Waals surface area contributed by atoms with E-state index in [1.165, 1.54) is 11.8 Å². The van der Waals surface area contributed by atoms with Crippen LogP contribution in [0.3, 0.4) is 0 Å². The molecular weight excluding hydrogens is 278 g/mol. The Morgan fingerprint density at radius 1 is 1.35 bits per heavy atom. The fourth-order valence-electron chi connectivity index (χ4n) is 2.00. The smallest absolute Gasteiger partial charge is 0.335 e. The summed E-state index contributed by atoms with van der Waals surface area (Å²) in [7, 11) is 0. The predicted molar refractivity (Wildman–Crippen MR) is 76.1 cm³/mol. The molecule has 1 aromatic rings. The number of carbonyl (C=O) groups is 2. The number of nitrogens with zero attached hydrogens (tertiary/aromatic N) is 1. The van der Waals surface area contributed by atoms with Gasteiger partial charge >= 0.3 is 5.97 Å². The Bertz CT molecular complexity index is 500. The van der Waals surface area contributed by atoms with Gasteiger partial charge < -0.3 is 14.7 Å². The Balaban J connectivity index is 1.99. The zero-order valence-corrected chi connectivity index (χ0v) is 12.1. The van der Waals surface area contributed by atoms with E-state index in [0.29, 0.717) is 26.3 Å². The Labute approximate surface area is 121 Å². The molecule has 1 N–H and O–H groups in total. The van der Waals surface area contributed by atoms with E-state index in [-0.39, 0.29) is 16.7 Å². The molecule has 0 aliphatic carbocycles. The summed E-state index contributed by atoms with van der Waals surface area (Å²) >= 11 is 1.38. The normalized spacial score (nSPS) is 16.8. The van der Waals surface area contributed by atoms with Crippen LogP contribution >= 0.6 is 11.8 Å². The molecule has 0 bridgehead atoms. The molecule has 0 saturated carbocycles. The molecule has 1 atom stereocenters. The van der Waals surface area contributed by atoms with E-state index in [9.17, 15) is 9.59 Å². The number of amides is 1. The zero-order chi connectivity index (χ0) is 14.5. The number of carboxylic acids is 1. The minimum atomic E-state index is -0.959. The lowest BCUT2D eigenvalue weighted by molar-refractivity contribution is -0.134. The first kappa shape index (κ1) is 14.9. The lowest BCUT2D eigenvalue weighted by Crippen LogP contribution is -2.44. The molecule has 1 saturated heterocycles. The van der Waals surface area contributed by atoms with Crippen LogP contribution in [0.15, 0.2) is 29.2 Å². The molecule has 0 aromatic heterocycles. The molecular formula is C14H17NO4S. The number of carboxylic acid groups (broad SMARTS) is 1. The molecule has 108 valence electrons. The maximum atomic E-state index is 12.3. The van der Waals surface area contributed by atoms with Crippen molar-refractivity contribution in [2.45, 2.75) is 17.1 Å². The van der Waals surface area contributed by atoms with E-state index in [2.05, 4.69) is 0 Å². The van der Waals surface area contributed by atoms with Crippen LogP contribution in [-0.2, 0) is 9.53 Å². The van der Waals surface area contributed by atoms with Gasteiger partial charge in [0.1, 0.15) is 0 Å². The molecule has 1 aliphatic rings. The molecule has 20 heavy (non-hydrogen) atoms. The van der Waals surface area contributed by atoms with E-state index < -0.39 is 5.97 Å². The summed E-state index contributed by atoms with van der Waals surface area (Å²) in [5.41, 5.74) is 0.237. The highest BCUT2D eigenvalue weighted by Crippen LogP contribution is 2.25.